The van der Waals surface area contributed by atoms with E-state index in [4.69, 9.17) is 4.74 Å². The van der Waals surface area contributed by atoms with Gasteiger partial charge >= 0.3 is 0 Å². The molecule has 0 spiro atoms. The number of likely N-dealkylation sites (N-methyl/N-ethyl adjacent to an activating group) is 1. The van der Waals surface area contributed by atoms with Crippen molar-refractivity contribution in [2.24, 2.45) is 0 Å². The lowest BCUT2D eigenvalue weighted by Crippen LogP contribution is -2.38. The van der Waals surface area contributed by atoms with Crippen LogP contribution in [0, 0.1) is 11.6 Å². The van der Waals surface area contributed by atoms with Gasteiger partial charge in [0.1, 0.15) is 16.5 Å². The summed E-state index contributed by atoms with van der Waals surface area (Å²) in [6, 6.07) is 0.961. The van der Waals surface area contributed by atoms with E-state index in [0.717, 1.165) is 10.4 Å². The number of sulfonamides is 1. The van der Waals surface area contributed by atoms with Gasteiger partial charge in [0.2, 0.25) is 10.0 Å². The molecular weight excluding hydrogens is 344 g/mol. The largest absolute Gasteiger partial charge is 0.383 e. The smallest absolute Gasteiger partial charge is 0.247 e. The maximum absolute atomic E-state index is 13.7. The number of ether oxygens (including phenoxy) is 1. The fourth-order valence-corrected chi connectivity index (χ4v) is 3.96. The number of rotatable bonds is 5. The summed E-state index contributed by atoms with van der Waals surface area (Å²) in [5.41, 5.74) is 0. The molecule has 108 valence electrons. The number of methoxy groups -OCH3 is 1. The maximum Gasteiger partial charge on any atom is 0.247 e. The summed E-state index contributed by atoms with van der Waals surface area (Å²) in [7, 11) is -1.32. The van der Waals surface area contributed by atoms with E-state index in [2.05, 4.69) is 15.9 Å². The number of nitrogens with zero attached hydrogens (tertiary/aromatic N) is 1. The highest BCUT2D eigenvalue weighted by Gasteiger charge is 2.30. The van der Waals surface area contributed by atoms with E-state index in [9.17, 15) is 17.2 Å². The van der Waals surface area contributed by atoms with Crippen LogP contribution in [0.2, 0.25) is 0 Å². The second-order valence-corrected chi connectivity index (χ2v) is 6.81. The fourth-order valence-electron chi connectivity index (χ4n) is 1.50. The van der Waals surface area contributed by atoms with Crippen molar-refractivity contribution in [3.05, 3.63) is 28.2 Å². The van der Waals surface area contributed by atoms with Crippen LogP contribution in [0.5, 0.6) is 0 Å². The van der Waals surface area contributed by atoms with Gasteiger partial charge in [0.05, 0.1) is 6.61 Å². The Kier molecular flexibility index (Phi) is 5.43. The van der Waals surface area contributed by atoms with Crippen molar-refractivity contribution in [2.75, 3.05) is 20.8 Å². The molecule has 1 aromatic carbocycles. The molecular formula is C11H14BrF2NO3S. The lowest BCUT2D eigenvalue weighted by atomic mass is 10.3. The third-order valence-corrected chi connectivity index (χ3v) is 5.57. The standard InChI is InChI=1S/C11H14BrF2NO3S/c1-7(6-18-3)15(2)19(16,17)11-9(12)4-8(13)5-10(11)14/h4-5,7H,6H2,1-3H3. The Morgan fingerprint density at radius 1 is 1.42 bits per heavy atom. The Hall–Kier alpha value is -0.570. The molecule has 4 nitrogen and oxygen atoms in total. The molecule has 0 fully saturated rings. The van der Waals surface area contributed by atoms with Crippen LogP contribution in [-0.2, 0) is 14.8 Å². The molecule has 1 unspecified atom stereocenters. The first-order valence-corrected chi connectivity index (χ1v) is 7.56. The quantitative estimate of drug-likeness (QED) is 0.812. The Balaban J connectivity index is 3.28. The normalized spacial score (nSPS) is 13.8. The molecule has 1 atom stereocenters. The zero-order valence-corrected chi connectivity index (χ0v) is 13.1. The van der Waals surface area contributed by atoms with E-state index in [1.165, 1.54) is 14.2 Å². The Morgan fingerprint density at radius 3 is 2.47 bits per heavy atom. The van der Waals surface area contributed by atoms with E-state index >= 15 is 0 Å². The first kappa shape index (κ1) is 16.5. The average molecular weight is 358 g/mol. The first-order valence-electron chi connectivity index (χ1n) is 5.33. The lowest BCUT2D eigenvalue weighted by Gasteiger charge is -2.24. The van der Waals surface area contributed by atoms with Crippen LogP contribution in [0.15, 0.2) is 21.5 Å². The molecule has 0 radical (unpaired) electrons. The van der Waals surface area contributed by atoms with Crippen LogP contribution in [0.25, 0.3) is 0 Å². The molecule has 0 aliphatic carbocycles. The summed E-state index contributed by atoms with van der Waals surface area (Å²) in [6.45, 7) is 1.78. The predicted molar refractivity (Wildman–Crippen MR) is 70.3 cm³/mol. The van der Waals surface area contributed by atoms with Crippen molar-refractivity contribution in [3.8, 4) is 0 Å². The fraction of sp³-hybridized carbons (Fsp3) is 0.455. The van der Waals surface area contributed by atoms with Crippen molar-refractivity contribution in [1.82, 2.24) is 4.31 Å². The van der Waals surface area contributed by atoms with E-state index in [0.29, 0.717) is 6.07 Å². The second-order valence-electron chi connectivity index (χ2n) is 4.02. The monoisotopic (exact) mass is 357 g/mol. The SMILES string of the molecule is COCC(C)N(C)S(=O)(=O)c1c(F)cc(F)cc1Br. The summed E-state index contributed by atoms with van der Waals surface area (Å²) in [5, 5.41) is 0. The lowest BCUT2D eigenvalue weighted by molar-refractivity contribution is 0.149. The minimum absolute atomic E-state index is 0.151. The Bertz CT molecular complexity index is 542. The van der Waals surface area contributed by atoms with E-state index < -0.39 is 32.6 Å². The summed E-state index contributed by atoms with van der Waals surface area (Å²) in [6.07, 6.45) is 0. The molecule has 0 saturated carbocycles. The van der Waals surface area contributed by atoms with Crippen molar-refractivity contribution in [3.63, 3.8) is 0 Å². The average Bonchev–Trinajstić information content (AvgIpc) is 2.26. The highest BCUT2D eigenvalue weighted by molar-refractivity contribution is 9.10. The number of benzene rings is 1. The van der Waals surface area contributed by atoms with Crippen LogP contribution >= 0.6 is 15.9 Å². The van der Waals surface area contributed by atoms with Gasteiger partial charge in [0.25, 0.3) is 0 Å². The molecule has 0 aliphatic rings. The van der Waals surface area contributed by atoms with Gasteiger partial charge in [-0.05, 0) is 28.9 Å². The van der Waals surface area contributed by atoms with Gasteiger partial charge in [-0.2, -0.15) is 4.31 Å². The van der Waals surface area contributed by atoms with Crippen LogP contribution in [0.3, 0.4) is 0 Å². The second kappa shape index (κ2) is 6.25. The van der Waals surface area contributed by atoms with Crippen molar-refractivity contribution >= 4 is 26.0 Å². The van der Waals surface area contributed by atoms with Crippen molar-refractivity contribution in [2.45, 2.75) is 17.9 Å². The van der Waals surface area contributed by atoms with E-state index in [-0.39, 0.29) is 11.1 Å². The molecule has 19 heavy (non-hydrogen) atoms. The minimum atomic E-state index is -4.07. The zero-order chi connectivity index (χ0) is 14.8. The third kappa shape index (κ3) is 3.50. The number of hydrogen-bond donors (Lipinski definition) is 0. The third-order valence-electron chi connectivity index (χ3n) is 2.63. The molecule has 0 amide bonds. The van der Waals surface area contributed by atoms with E-state index in [1.807, 2.05) is 0 Å². The van der Waals surface area contributed by atoms with Gasteiger partial charge in [-0.3, -0.25) is 0 Å². The van der Waals surface area contributed by atoms with Crippen molar-refractivity contribution < 1.29 is 21.9 Å². The number of hydrogen-bond acceptors (Lipinski definition) is 3. The van der Waals surface area contributed by atoms with Crippen molar-refractivity contribution in [1.29, 1.82) is 0 Å². The van der Waals surface area contributed by atoms with Crippen LogP contribution in [0.4, 0.5) is 8.78 Å². The molecule has 0 N–H and O–H groups in total. The first-order chi connectivity index (χ1) is 8.71. The molecule has 1 aromatic rings. The molecule has 0 bridgehead atoms. The van der Waals surface area contributed by atoms with Gasteiger partial charge < -0.3 is 4.74 Å². The summed E-state index contributed by atoms with van der Waals surface area (Å²) >= 11 is 2.87. The minimum Gasteiger partial charge on any atom is -0.383 e. The van der Waals surface area contributed by atoms with Crippen LogP contribution in [0.1, 0.15) is 6.92 Å². The summed E-state index contributed by atoms with van der Waals surface area (Å²) in [4.78, 5) is -0.584. The topological polar surface area (TPSA) is 46.6 Å². The van der Waals surface area contributed by atoms with Gasteiger partial charge in [0, 0.05) is 30.7 Å². The Morgan fingerprint density at radius 2 is 2.00 bits per heavy atom. The molecule has 1 rings (SSSR count). The molecule has 0 aromatic heterocycles. The van der Waals surface area contributed by atoms with Gasteiger partial charge in [0.15, 0.2) is 0 Å². The van der Waals surface area contributed by atoms with Gasteiger partial charge in [-0.15, -0.1) is 0 Å². The zero-order valence-electron chi connectivity index (χ0n) is 10.7. The number of halogens is 3. The Labute approximate surface area is 119 Å². The van der Waals surface area contributed by atoms with Gasteiger partial charge in [-0.1, -0.05) is 0 Å². The molecule has 0 heterocycles. The van der Waals surface area contributed by atoms with Crippen LogP contribution < -0.4 is 0 Å². The molecule has 0 aliphatic heterocycles. The predicted octanol–water partition coefficient (Wildman–Crippen LogP) is 2.38. The summed E-state index contributed by atoms with van der Waals surface area (Å²) in [5.74, 6) is -1.99. The van der Waals surface area contributed by atoms with Crippen LogP contribution in [-0.4, -0.2) is 39.5 Å². The van der Waals surface area contributed by atoms with Gasteiger partial charge in [-0.25, -0.2) is 17.2 Å². The highest BCUT2D eigenvalue weighted by atomic mass is 79.9. The molecule has 8 heteroatoms. The molecule has 0 saturated heterocycles. The summed E-state index contributed by atoms with van der Waals surface area (Å²) < 4.78 is 56.9. The maximum atomic E-state index is 13.7. The van der Waals surface area contributed by atoms with E-state index in [1.54, 1.807) is 6.92 Å². The highest BCUT2D eigenvalue weighted by Crippen LogP contribution is 2.29.